The molecule has 1 saturated heterocycles. The molecule has 4 aromatic rings. The van der Waals surface area contributed by atoms with E-state index >= 15 is 0 Å². The van der Waals surface area contributed by atoms with E-state index in [1.165, 1.54) is 24.0 Å². The summed E-state index contributed by atoms with van der Waals surface area (Å²) in [5, 5.41) is 11.5. The highest BCUT2D eigenvalue weighted by Gasteiger charge is 2.24. The van der Waals surface area contributed by atoms with Crippen LogP contribution in [0.4, 0.5) is 23.0 Å². The van der Waals surface area contributed by atoms with Crippen LogP contribution in [0.1, 0.15) is 36.5 Å². The van der Waals surface area contributed by atoms with E-state index in [9.17, 15) is 8.42 Å². The van der Waals surface area contributed by atoms with Crippen LogP contribution < -0.4 is 15.4 Å². The molecular weight excluding hydrogens is 538 g/mol. The predicted octanol–water partition coefficient (Wildman–Crippen LogP) is 4.43. The monoisotopic (exact) mass is 575 g/mol. The summed E-state index contributed by atoms with van der Waals surface area (Å²) in [6.07, 6.45) is 6.39. The van der Waals surface area contributed by atoms with E-state index < -0.39 is 10.0 Å². The van der Waals surface area contributed by atoms with Crippen molar-refractivity contribution in [1.82, 2.24) is 19.5 Å². The fourth-order valence-electron chi connectivity index (χ4n) is 5.71. The van der Waals surface area contributed by atoms with Gasteiger partial charge in [-0.25, -0.2) is 12.9 Å². The highest BCUT2D eigenvalue weighted by atomic mass is 32.2. The fraction of sp³-hybridized carbons (Fsp3) is 0.400. The van der Waals surface area contributed by atoms with Crippen molar-refractivity contribution in [3.05, 3.63) is 77.5 Å². The number of morpholine rings is 1. The van der Waals surface area contributed by atoms with Crippen LogP contribution in [0.5, 0.6) is 0 Å². The topological polar surface area (TPSA) is 113 Å². The third-order valence-electron chi connectivity index (χ3n) is 8.01. The number of aromatic nitrogens is 3. The smallest absolute Gasteiger partial charge is 0.247 e. The summed E-state index contributed by atoms with van der Waals surface area (Å²) in [5.74, 6) is 0.540. The van der Waals surface area contributed by atoms with Crippen molar-refractivity contribution in [2.75, 3.05) is 47.4 Å². The predicted molar refractivity (Wildman–Crippen MR) is 162 cm³/mol. The van der Waals surface area contributed by atoms with Gasteiger partial charge in [0.15, 0.2) is 5.65 Å². The van der Waals surface area contributed by atoms with E-state index in [2.05, 4.69) is 43.6 Å². The Hall–Kier alpha value is -3.67. The van der Waals surface area contributed by atoms with E-state index in [1.54, 1.807) is 17.5 Å². The molecule has 41 heavy (non-hydrogen) atoms. The Balaban J connectivity index is 1.15. The first kappa shape index (κ1) is 27.5. The van der Waals surface area contributed by atoms with Crippen LogP contribution in [0.3, 0.4) is 0 Å². The van der Waals surface area contributed by atoms with Gasteiger partial charge < -0.3 is 15.4 Å². The van der Waals surface area contributed by atoms with E-state index in [4.69, 9.17) is 9.72 Å². The fourth-order valence-corrected chi connectivity index (χ4v) is 6.39. The molecule has 0 saturated carbocycles. The van der Waals surface area contributed by atoms with Crippen molar-refractivity contribution in [3.8, 4) is 0 Å². The number of sulfonamides is 1. The molecule has 0 spiro atoms. The number of rotatable bonds is 9. The first-order valence-corrected chi connectivity index (χ1v) is 16.0. The molecule has 6 rings (SSSR count). The summed E-state index contributed by atoms with van der Waals surface area (Å²) < 4.78 is 34.2. The summed E-state index contributed by atoms with van der Waals surface area (Å²) in [4.78, 5) is 7.37. The molecule has 3 N–H and O–H groups in total. The molecule has 11 heteroatoms. The van der Waals surface area contributed by atoms with Crippen LogP contribution in [-0.4, -0.2) is 66.0 Å². The second kappa shape index (κ2) is 12.1. The van der Waals surface area contributed by atoms with Crippen LogP contribution in [0.25, 0.3) is 5.65 Å². The van der Waals surface area contributed by atoms with Gasteiger partial charge in [0.1, 0.15) is 0 Å². The maximum absolute atomic E-state index is 12.1. The number of nitrogens with zero attached hydrogens (tertiary/aromatic N) is 4. The Morgan fingerprint density at radius 1 is 0.976 bits per heavy atom. The lowest BCUT2D eigenvalue weighted by atomic mass is 10.0. The van der Waals surface area contributed by atoms with Gasteiger partial charge >= 0.3 is 0 Å². The summed E-state index contributed by atoms with van der Waals surface area (Å²) in [6, 6.07) is 18.5. The van der Waals surface area contributed by atoms with Gasteiger partial charge in [-0.15, -0.1) is 5.10 Å². The van der Waals surface area contributed by atoms with Gasteiger partial charge in [-0.1, -0.05) is 24.3 Å². The van der Waals surface area contributed by atoms with Crippen LogP contribution in [0, 0.1) is 0 Å². The summed E-state index contributed by atoms with van der Waals surface area (Å²) >= 11 is 0. The Bertz CT molecular complexity index is 1620. The maximum Gasteiger partial charge on any atom is 0.247 e. The second-order valence-corrected chi connectivity index (χ2v) is 12.6. The first-order chi connectivity index (χ1) is 20.0. The number of aryl methyl sites for hydroxylation is 2. The standard InChI is InChI=1S/C30H37N7O3S/c1-2-41(38,39)35-27-7-4-3-6-24(27)21-31-28-8-5-15-37-29(28)33-30(34-37)32-25-12-9-22-10-13-26(14-11-23(22)20-25)36-16-18-40-19-17-36/h3-9,12,15,20,26,31,35H,2,10-11,13-14,16-19,21H2,1H3,(H,32,34). The van der Waals surface area contributed by atoms with E-state index in [0.717, 1.165) is 56.1 Å². The quantitative estimate of drug-likeness (QED) is 0.251. The number of anilines is 4. The molecule has 1 atom stereocenters. The molecule has 1 fully saturated rings. The molecular formula is C30H37N7O3S. The van der Waals surface area contributed by atoms with Gasteiger partial charge in [0.05, 0.1) is 30.3 Å². The molecule has 2 aromatic carbocycles. The molecule has 2 aromatic heterocycles. The van der Waals surface area contributed by atoms with E-state index in [1.807, 2.05) is 36.5 Å². The molecule has 1 aliphatic heterocycles. The lowest BCUT2D eigenvalue weighted by Gasteiger charge is -2.33. The van der Waals surface area contributed by atoms with Gasteiger partial charge in [-0.2, -0.15) is 4.98 Å². The number of ether oxygens (including phenoxy) is 1. The normalized spacial score (nSPS) is 18.0. The molecule has 10 nitrogen and oxygen atoms in total. The summed E-state index contributed by atoms with van der Waals surface area (Å²) in [5.41, 5.74) is 6.71. The molecule has 216 valence electrons. The van der Waals surface area contributed by atoms with Crippen molar-refractivity contribution in [2.24, 2.45) is 0 Å². The van der Waals surface area contributed by atoms with Gasteiger partial charge in [-0.05, 0) is 79.6 Å². The zero-order chi connectivity index (χ0) is 28.2. The minimum Gasteiger partial charge on any atom is -0.379 e. The van der Waals surface area contributed by atoms with Crippen molar-refractivity contribution in [1.29, 1.82) is 0 Å². The minimum absolute atomic E-state index is 0.0166. The molecule has 0 amide bonds. The lowest BCUT2D eigenvalue weighted by molar-refractivity contribution is 0.0136. The highest BCUT2D eigenvalue weighted by molar-refractivity contribution is 7.92. The first-order valence-electron chi connectivity index (χ1n) is 14.4. The summed E-state index contributed by atoms with van der Waals surface area (Å²) in [7, 11) is -3.37. The van der Waals surface area contributed by atoms with Gasteiger partial charge in [0.2, 0.25) is 16.0 Å². The Morgan fingerprint density at radius 2 is 1.76 bits per heavy atom. The Morgan fingerprint density at radius 3 is 2.59 bits per heavy atom. The van der Waals surface area contributed by atoms with Crippen LogP contribution in [0.2, 0.25) is 0 Å². The molecule has 0 radical (unpaired) electrons. The van der Waals surface area contributed by atoms with Gasteiger partial charge in [0, 0.05) is 37.6 Å². The highest BCUT2D eigenvalue weighted by Crippen LogP contribution is 2.28. The number of pyridine rings is 1. The van der Waals surface area contributed by atoms with E-state index in [-0.39, 0.29) is 5.75 Å². The van der Waals surface area contributed by atoms with Crippen molar-refractivity contribution in [3.63, 3.8) is 0 Å². The molecule has 3 heterocycles. The average Bonchev–Trinajstić information content (AvgIpc) is 3.28. The zero-order valence-corrected chi connectivity index (χ0v) is 24.2. The maximum atomic E-state index is 12.1. The third-order valence-corrected chi connectivity index (χ3v) is 9.30. The lowest BCUT2D eigenvalue weighted by Crippen LogP contribution is -2.43. The van der Waals surface area contributed by atoms with Gasteiger partial charge in [-0.3, -0.25) is 9.62 Å². The summed E-state index contributed by atoms with van der Waals surface area (Å²) in [6.45, 7) is 5.80. The molecule has 0 bridgehead atoms. The van der Waals surface area contributed by atoms with Crippen LogP contribution in [-0.2, 0) is 34.1 Å². The SMILES string of the molecule is CCS(=O)(=O)Nc1ccccc1CNc1cccn2nc(Nc3ccc4c(c3)CCC(N3CCOCC3)CC4)nc12. The van der Waals surface area contributed by atoms with E-state index in [0.29, 0.717) is 29.9 Å². The molecule has 1 aliphatic carbocycles. The van der Waals surface area contributed by atoms with Crippen molar-refractivity contribution in [2.45, 2.75) is 45.2 Å². The molecule has 1 unspecified atom stereocenters. The number of hydrogen-bond acceptors (Lipinski definition) is 8. The zero-order valence-electron chi connectivity index (χ0n) is 23.3. The Kier molecular flexibility index (Phi) is 8.09. The largest absolute Gasteiger partial charge is 0.379 e. The van der Waals surface area contributed by atoms with Crippen molar-refractivity contribution >= 4 is 38.7 Å². The Labute approximate surface area is 241 Å². The average molecular weight is 576 g/mol. The number of benzene rings is 2. The third kappa shape index (κ3) is 6.47. The minimum atomic E-state index is -3.37. The van der Waals surface area contributed by atoms with Crippen molar-refractivity contribution < 1.29 is 13.2 Å². The second-order valence-electron chi connectivity index (χ2n) is 10.6. The number of hydrogen-bond donors (Lipinski definition) is 3. The van der Waals surface area contributed by atoms with Crippen LogP contribution in [0.15, 0.2) is 60.8 Å². The number of fused-ring (bicyclic) bond motifs is 2. The van der Waals surface area contributed by atoms with Crippen LogP contribution >= 0.6 is 0 Å². The molecule has 2 aliphatic rings. The number of nitrogens with one attached hydrogen (secondary N) is 3. The number of para-hydroxylation sites is 1. The van der Waals surface area contributed by atoms with Gasteiger partial charge in [0.25, 0.3) is 0 Å².